The van der Waals surface area contributed by atoms with E-state index in [0.29, 0.717) is 0 Å². The van der Waals surface area contributed by atoms with Gasteiger partial charge in [-0.05, 0) is 31.9 Å². The highest BCUT2D eigenvalue weighted by molar-refractivity contribution is 5.09. The highest BCUT2D eigenvalue weighted by Crippen LogP contribution is 2.01. The molecule has 0 N–H and O–H groups in total. The summed E-state index contributed by atoms with van der Waals surface area (Å²) in [5, 5.41) is 0. The molecule has 2 aromatic rings. The number of aryl methyl sites for hydroxylation is 3. The Kier molecular flexibility index (Phi) is 6.94. The maximum absolute atomic E-state index is 5.64. The highest BCUT2D eigenvalue weighted by Gasteiger charge is 2.00. The molecule has 0 aromatic carbocycles. The van der Waals surface area contributed by atoms with E-state index in [2.05, 4.69) is 34.2 Å². The molecule has 0 fully saturated rings. The molecule has 0 aliphatic heterocycles. The third-order valence-corrected chi connectivity index (χ3v) is 2.99. The van der Waals surface area contributed by atoms with Crippen molar-refractivity contribution in [2.24, 2.45) is 7.05 Å². The van der Waals surface area contributed by atoms with E-state index >= 15 is 0 Å². The molecule has 0 radical (unpaired) electrons. The molecule has 2 rings (SSSR count). The van der Waals surface area contributed by atoms with Crippen molar-refractivity contribution in [1.29, 1.82) is 0 Å². The van der Waals surface area contributed by atoms with Crippen molar-refractivity contribution in [3.8, 4) is 0 Å². The normalized spacial score (nSPS) is 10.3. The van der Waals surface area contributed by atoms with Crippen LogP contribution in [-0.2, 0) is 24.8 Å². The maximum atomic E-state index is 5.64. The van der Waals surface area contributed by atoms with Crippen molar-refractivity contribution in [2.45, 2.75) is 33.7 Å². The Morgan fingerprint density at radius 3 is 2.85 bits per heavy atom. The Morgan fingerprint density at radius 1 is 1.30 bits per heavy atom. The standard InChI is InChI=1S/C15H22N3O.CH4/c1-14-5-3-6-15(16-14)7-4-11-19-12-10-18-9-8-17(2)13-18;/h3,5-6,8-9,13H,4,7,10-12H2,1-2H3;1H4/q+1;. The van der Waals surface area contributed by atoms with E-state index < -0.39 is 0 Å². The number of aromatic nitrogens is 3. The van der Waals surface area contributed by atoms with Crippen LogP contribution in [0.2, 0.25) is 0 Å². The van der Waals surface area contributed by atoms with Gasteiger partial charge in [0.2, 0.25) is 6.33 Å². The first-order valence-corrected chi connectivity index (χ1v) is 6.75. The number of nitrogens with zero attached hydrogens (tertiary/aromatic N) is 3. The molecule has 0 unspecified atom stereocenters. The lowest BCUT2D eigenvalue weighted by Crippen LogP contribution is -2.24. The van der Waals surface area contributed by atoms with Gasteiger partial charge in [-0.2, -0.15) is 0 Å². The molecule has 0 atom stereocenters. The first-order chi connectivity index (χ1) is 9.24. The van der Waals surface area contributed by atoms with Crippen molar-refractivity contribution >= 4 is 0 Å². The van der Waals surface area contributed by atoms with Crippen LogP contribution in [-0.4, -0.2) is 22.8 Å². The molecular weight excluding hydrogens is 250 g/mol. The average molecular weight is 276 g/mol. The molecular formula is C16H26N3O+. The van der Waals surface area contributed by atoms with Crippen LogP contribution in [0.15, 0.2) is 36.9 Å². The van der Waals surface area contributed by atoms with Crippen molar-refractivity contribution in [3.05, 3.63) is 48.3 Å². The summed E-state index contributed by atoms with van der Waals surface area (Å²) in [4.78, 5) is 4.48. The van der Waals surface area contributed by atoms with Crippen LogP contribution in [0, 0.1) is 6.92 Å². The third kappa shape index (κ3) is 5.53. The Labute approximate surface area is 122 Å². The zero-order valence-electron chi connectivity index (χ0n) is 11.7. The van der Waals surface area contributed by atoms with Gasteiger partial charge >= 0.3 is 0 Å². The summed E-state index contributed by atoms with van der Waals surface area (Å²) in [6, 6.07) is 6.16. The maximum Gasteiger partial charge on any atom is 0.243 e. The molecule has 4 nitrogen and oxygen atoms in total. The van der Waals surface area contributed by atoms with Gasteiger partial charge in [0.25, 0.3) is 0 Å². The Hall–Kier alpha value is -1.68. The van der Waals surface area contributed by atoms with E-state index in [1.165, 1.54) is 0 Å². The monoisotopic (exact) mass is 276 g/mol. The molecule has 0 spiro atoms. The molecule has 20 heavy (non-hydrogen) atoms. The lowest BCUT2D eigenvalue weighted by molar-refractivity contribution is -0.671. The minimum Gasteiger partial charge on any atom is -0.377 e. The fourth-order valence-electron chi connectivity index (χ4n) is 2.00. The summed E-state index contributed by atoms with van der Waals surface area (Å²) < 4.78 is 9.80. The number of imidazole rings is 1. The summed E-state index contributed by atoms with van der Waals surface area (Å²) in [6.45, 7) is 4.49. The van der Waals surface area contributed by atoms with Crippen molar-refractivity contribution in [3.63, 3.8) is 0 Å². The van der Waals surface area contributed by atoms with E-state index in [4.69, 9.17) is 4.74 Å². The molecule has 0 saturated carbocycles. The summed E-state index contributed by atoms with van der Waals surface area (Å²) >= 11 is 0. The van der Waals surface area contributed by atoms with Crippen molar-refractivity contribution in [1.82, 2.24) is 9.55 Å². The van der Waals surface area contributed by atoms with Gasteiger partial charge in [0.05, 0.1) is 13.7 Å². The van der Waals surface area contributed by atoms with Gasteiger partial charge in [0.1, 0.15) is 18.9 Å². The zero-order chi connectivity index (χ0) is 13.5. The minimum atomic E-state index is 0. The molecule has 2 aromatic heterocycles. The van der Waals surface area contributed by atoms with Crippen LogP contribution in [0.4, 0.5) is 0 Å². The lowest BCUT2D eigenvalue weighted by atomic mass is 10.2. The van der Waals surface area contributed by atoms with Gasteiger partial charge in [-0.15, -0.1) is 0 Å². The van der Waals surface area contributed by atoms with Crippen molar-refractivity contribution in [2.75, 3.05) is 13.2 Å². The smallest absolute Gasteiger partial charge is 0.243 e. The molecule has 0 bridgehead atoms. The quantitative estimate of drug-likeness (QED) is 0.574. The van der Waals surface area contributed by atoms with Gasteiger partial charge in [-0.25, -0.2) is 9.13 Å². The molecule has 0 aliphatic carbocycles. The number of hydrogen-bond acceptors (Lipinski definition) is 2. The minimum absolute atomic E-state index is 0. The lowest BCUT2D eigenvalue weighted by Gasteiger charge is -2.03. The summed E-state index contributed by atoms with van der Waals surface area (Å²) in [7, 11) is 2.02. The highest BCUT2D eigenvalue weighted by atomic mass is 16.5. The van der Waals surface area contributed by atoms with Crippen LogP contribution in [0.25, 0.3) is 0 Å². The number of hydrogen-bond donors (Lipinski definition) is 0. The second-order valence-corrected chi connectivity index (χ2v) is 4.80. The van der Waals surface area contributed by atoms with Gasteiger partial charge in [0, 0.05) is 18.0 Å². The van der Waals surface area contributed by atoms with Crippen LogP contribution >= 0.6 is 0 Å². The molecule has 110 valence electrons. The fourth-order valence-corrected chi connectivity index (χ4v) is 2.00. The number of rotatable bonds is 7. The molecule has 4 heteroatoms. The van der Waals surface area contributed by atoms with E-state index in [9.17, 15) is 0 Å². The Bertz CT molecular complexity index is 508. The topological polar surface area (TPSA) is 30.9 Å². The van der Waals surface area contributed by atoms with Crippen LogP contribution in [0.3, 0.4) is 0 Å². The predicted molar refractivity (Wildman–Crippen MR) is 80.5 cm³/mol. The molecule has 0 aliphatic rings. The van der Waals surface area contributed by atoms with Crippen LogP contribution < -0.4 is 4.57 Å². The summed E-state index contributed by atoms with van der Waals surface area (Å²) in [6.07, 6.45) is 8.15. The molecule has 0 amide bonds. The predicted octanol–water partition coefficient (Wildman–Crippen LogP) is 2.30. The van der Waals surface area contributed by atoms with E-state index in [1.54, 1.807) is 0 Å². The number of ether oxygens (including phenoxy) is 1. The second kappa shape index (κ2) is 8.48. The molecule has 0 saturated heterocycles. The van der Waals surface area contributed by atoms with E-state index in [0.717, 1.165) is 44.0 Å². The summed E-state index contributed by atoms with van der Waals surface area (Å²) in [5.74, 6) is 0. The van der Waals surface area contributed by atoms with Crippen molar-refractivity contribution < 1.29 is 9.30 Å². The second-order valence-electron chi connectivity index (χ2n) is 4.80. The first-order valence-electron chi connectivity index (χ1n) is 6.75. The third-order valence-electron chi connectivity index (χ3n) is 2.99. The molecule has 2 heterocycles. The van der Waals surface area contributed by atoms with E-state index in [1.807, 2.05) is 30.8 Å². The fraction of sp³-hybridized carbons (Fsp3) is 0.500. The Balaban J connectivity index is 0.00000200. The number of pyridine rings is 1. The SMILES string of the molecule is C.Cc1cccc(CCCOCCn2cc[n+](C)c2)n1. The summed E-state index contributed by atoms with van der Waals surface area (Å²) in [5.41, 5.74) is 2.24. The van der Waals surface area contributed by atoms with E-state index in [-0.39, 0.29) is 7.43 Å². The Morgan fingerprint density at radius 2 is 2.15 bits per heavy atom. The van der Waals surface area contributed by atoms with Gasteiger partial charge < -0.3 is 4.74 Å². The van der Waals surface area contributed by atoms with Gasteiger partial charge in [0.15, 0.2) is 0 Å². The van der Waals surface area contributed by atoms with Crippen LogP contribution in [0.1, 0.15) is 25.2 Å². The van der Waals surface area contributed by atoms with Gasteiger partial charge in [-0.1, -0.05) is 13.5 Å². The van der Waals surface area contributed by atoms with Gasteiger partial charge in [-0.3, -0.25) is 4.98 Å². The largest absolute Gasteiger partial charge is 0.377 e. The average Bonchev–Trinajstić information content (AvgIpc) is 2.79. The van der Waals surface area contributed by atoms with Crippen LogP contribution in [0.5, 0.6) is 0 Å². The first kappa shape index (κ1) is 16.4. The zero-order valence-corrected chi connectivity index (χ0v) is 11.7.